The molecule has 0 radical (unpaired) electrons. The van der Waals surface area contributed by atoms with E-state index in [2.05, 4.69) is 41.9 Å². The molecule has 0 unspecified atom stereocenters. The molecule has 3 aliphatic rings. The predicted octanol–water partition coefficient (Wildman–Crippen LogP) is 3.36. The third kappa shape index (κ3) is 1.30. The second-order valence-electron chi connectivity index (χ2n) is 5.53. The molecule has 1 aliphatic heterocycles. The van der Waals surface area contributed by atoms with Crippen molar-refractivity contribution < 1.29 is 4.57 Å². The molecule has 2 aliphatic carbocycles. The largest absolute Gasteiger partial charge is 0.216 e. The van der Waals surface area contributed by atoms with Crippen molar-refractivity contribution in [3.8, 4) is 0 Å². The van der Waals surface area contributed by atoms with Crippen LogP contribution in [0.15, 0.2) is 29.9 Å². The van der Waals surface area contributed by atoms with Crippen molar-refractivity contribution in [3.63, 3.8) is 0 Å². The SMILES string of the molecule is Cc1cc2c([n+]3c1C1=CCCC=C1C3)CCC=C2. The smallest absolute Gasteiger partial charge is 0.190 e. The highest BCUT2D eigenvalue weighted by molar-refractivity contribution is 5.80. The molecular weight excluding hydrogens is 218 g/mol. The van der Waals surface area contributed by atoms with Crippen LogP contribution in [0.3, 0.4) is 0 Å². The molecule has 90 valence electrons. The van der Waals surface area contributed by atoms with E-state index >= 15 is 0 Å². The first-order valence-corrected chi connectivity index (χ1v) is 6.97. The van der Waals surface area contributed by atoms with Gasteiger partial charge in [0.2, 0.25) is 5.69 Å². The Morgan fingerprint density at radius 3 is 2.94 bits per heavy atom. The van der Waals surface area contributed by atoms with Gasteiger partial charge in [0.15, 0.2) is 12.2 Å². The fourth-order valence-electron chi connectivity index (χ4n) is 3.57. The van der Waals surface area contributed by atoms with E-state index in [4.69, 9.17) is 0 Å². The van der Waals surface area contributed by atoms with Gasteiger partial charge in [0, 0.05) is 23.1 Å². The van der Waals surface area contributed by atoms with Gasteiger partial charge in [-0.05, 0) is 32.3 Å². The Balaban J connectivity index is 2.01. The summed E-state index contributed by atoms with van der Waals surface area (Å²) in [5.41, 5.74) is 8.94. The molecule has 1 heteroatoms. The summed E-state index contributed by atoms with van der Waals surface area (Å²) in [5, 5.41) is 0. The zero-order valence-electron chi connectivity index (χ0n) is 10.9. The lowest BCUT2D eigenvalue weighted by Gasteiger charge is -2.11. The van der Waals surface area contributed by atoms with E-state index in [0.29, 0.717) is 0 Å². The summed E-state index contributed by atoms with van der Waals surface area (Å²) in [4.78, 5) is 0. The van der Waals surface area contributed by atoms with Crippen LogP contribution in [0.1, 0.15) is 41.8 Å². The molecule has 0 bridgehead atoms. The van der Waals surface area contributed by atoms with Crippen LogP contribution in [0.25, 0.3) is 11.6 Å². The van der Waals surface area contributed by atoms with Gasteiger partial charge in [-0.2, -0.15) is 4.57 Å². The summed E-state index contributed by atoms with van der Waals surface area (Å²) < 4.78 is 2.57. The van der Waals surface area contributed by atoms with E-state index < -0.39 is 0 Å². The lowest BCUT2D eigenvalue weighted by molar-refractivity contribution is -0.692. The molecule has 0 aromatic carbocycles. The second-order valence-corrected chi connectivity index (χ2v) is 5.53. The Hall–Kier alpha value is -1.63. The monoisotopic (exact) mass is 236 g/mol. The summed E-state index contributed by atoms with van der Waals surface area (Å²) in [6.07, 6.45) is 14.3. The second kappa shape index (κ2) is 3.68. The highest BCUT2D eigenvalue weighted by atomic mass is 15.0. The fourth-order valence-corrected chi connectivity index (χ4v) is 3.57. The van der Waals surface area contributed by atoms with Crippen molar-refractivity contribution in [3.05, 3.63) is 52.4 Å². The molecule has 2 heterocycles. The van der Waals surface area contributed by atoms with Gasteiger partial charge in [0.25, 0.3) is 0 Å². The Kier molecular flexibility index (Phi) is 2.11. The number of fused-ring (bicyclic) bond motifs is 5. The minimum absolute atomic E-state index is 1.10. The third-order valence-corrected chi connectivity index (χ3v) is 4.36. The van der Waals surface area contributed by atoms with Gasteiger partial charge in [0.05, 0.1) is 5.57 Å². The van der Waals surface area contributed by atoms with Crippen molar-refractivity contribution in [2.75, 3.05) is 0 Å². The Morgan fingerprint density at radius 1 is 1.11 bits per heavy atom. The average molecular weight is 236 g/mol. The standard InChI is InChI=1S/C17H18N/c1-12-10-13-6-3-5-9-16(13)18-11-14-7-2-4-8-15(14)17(12)18/h3,6-8,10H,2,4-5,9,11H2,1H3/q+1. The maximum absolute atomic E-state index is 2.57. The summed E-state index contributed by atoms with van der Waals surface area (Å²) in [6, 6.07) is 2.37. The van der Waals surface area contributed by atoms with Crippen molar-refractivity contribution >= 4 is 11.6 Å². The topological polar surface area (TPSA) is 3.88 Å². The van der Waals surface area contributed by atoms with Crippen LogP contribution in [0.4, 0.5) is 0 Å². The first-order chi connectivity index (χ1) is 8.84. The molecular formula is C17H18N+. The van der Waals surface area contributed by atoms with E-state index in [1.165, 1.54) is 53.8 Å². The van der Waals surface area contributed by atoms with Crippen LogP contribution in [0.2, 0.25) is 0 Å². The summed E-state index contributed by atoms with van der Waals surface area (Å²) in [7, 11) is 0. The number of allylic oxidation sites excluding steroid dienone is 5. The summed E-state index contributed by atoms with van der Waals surface area (Å²) in [5.74, 6) is 0. The molecule has 1 aromatic rings. The van der Waals surface area contributed by atoms with Gasteiger partial charge in [0.1, 0.15) is 0 Å². The van der Waals surface area contributed by atoms with E-state index in [9.17, 15) is 0 Å². The molecule has 1 aromatic heterocycles. The molecule has 0 N–H and O–H groups in total. The number of hydrogen-bond acceptors (Lipinski definition) is 0. The van der Waals surface area contributed by atoms with Crippen molar-refractivity contribution in [2.45, 2.75) is 39.2 Å². The highest BCUT2D eigenvalue weighted by Crippen LogP contribution is 2.35. The lowest BCUT2D eigenvalue weighted by atomic mass is 9.94. The maximum Gasteiger partial charge on any atom is 0.216 e. The molecule has 0 spiro atoms. The molecule has 4 rings (SSSR count). The summed E-state index contributed by atoms with van der Waals surface area (Å²) >= 11 is 0. The van der Waals surface area contributed by atoms with Crippen molar-refractivity contribution in [2.24, 2.45) is 0 Å². The number of aromatic nitrogens is 1. The molecule has 0 saturated carbocycles. The number of nitrogens with zero attached hydrogens (tertiary/aromatic N) is 1. The molecule has 0 amide bonds. The van der Waals surface area contributed by atoms with E-state index in [-0.39, 0.29) is 0 Å². The highest BCUT2D eigenvalue weighted by Gasteiger charge is 2.35. The van der Waals surface area contributed by atoms with E-state index in [0.717, 1.165) is 6.54 Å². The van der Waals surface area contributed by atoms with Crippen LogP contribution in [-0.2, 0) is 13.0 Å². The van der Waals surface area contributed by atoms with Crippen molar-refractivity contribution in [1.29, 1.82) is 0 Å². The fraction of sp³-hybridized carbons (Fsp3) is 0.353. The quantitative estimate of drug-likeness (QED) is 0.608. The Bertz CT molecular complexity index is 630. The number of hydrogen-bond donors (Lipinski definition) is 0. The number of pyridine rings is 1. The zero-order valence-corrected chi connectivity index (χ0v) is 10.9. The average Bonchev–Trinajstić information content (AvgIpc) is 2.79. The minimum atomic E-state index is 1.10. The van der Waals surface area contributed by atoms with Crippen LogP contribution in [0, 0.1) is 6.92 Å². The lowest BCUT2D eigenvalue weighted by Crippen LogP contribution is -2.40. The van der Waals surface area contributed by atoms with Crippen LogP contribution in [0.5, 0.6) is 0 Å². The third-order valence-electron chi connectivity index (χ3n) is 4.36. The first-order valence-electron chi connectivity index (χ1n) is 6.97. The molecule has 0 fully saturated rings. The Morgan fingerprint density at radius 2 is 2.00 bits per heavy atom. The Labute approximate surface area is 108 Å². The van der Waals surface area contributed by atoms with Gasteiger partial charge in [-0.1, -0.05) is 24.3 Å². The van der Waals surface area contributed by atoms with E-state index in [1.807, 2.05) is 0 Å². The van der Waals surface area contributed by atoms with Crippen LogP contribution < -0.4 is 4.57 Å². The predicted molar refractivity (Wildman–Crippen MR) is 74.0 cm³/mol. The summed E-state index contributed by atoms with van der Waals surface area (Å²) in [6.45, 7) is 3.35. The number of aryl methyl sites for hydroxylation is 1. The van der Waals surface area contributed by atoms with Crippen molar-refractivity contribution in [1.82, 2.24) is 0 Å². The van der Waals surface area contributed by atoms with Gasteiger partial charge in [-0.25, -0.2) is 0 Å². The first kappa shape index (κ1) is 10.3. The molecule has 0 saturated heterocycles. The van der Waals surface area contributed by atoms with Gasteiger partial charge in [-0.15, -0.1) is 0 Å². The molecule has 18 heavy (non-hydrogen) atoms. The van der Waals surface area contributed by atoms with E-state index in [1.54, 1.807) is 5.57 Å². The van der Waals surface area contributed by atoms with Crippen LogP contribution in [-0.4, -0.2) is 0 Å². The maximum atomic E-state index is 2.57. The van der Waals surface area contributed by atoms with Gasteiger partial charge < -0.3 is 0 Å². The zero-order chi connectivity index (χ0) is 12.1. The van der Waals surface area contributed by atoms with Crippen LogP contribution >= 0.6 is 0 Å². The normalized spacial score (nSPS) is 19.8. The van der Waals surface area contributed by atoms with Gasteiger partial charge in [-0.3, -0.25) is 0 Å². The molecule has 1 nitrogen and oxygen atoms in total. The molecule has 0 atom stereocenters. The van der Waals surface area contributed by atoms with Gasteiger partial charge >= 0.3 is 0 Å². The minimum Gasteiger partial charge on any atom is -0.190 e. The number of rotatable bonds is 0.